The molecule has 122 valence electrons. The second-order valence-corrected chi connectivity index (χ2v) is 6.56. The maximum absolute atomic E-state index is 5.97. The monoisotopic (exact) mass is 291 g/mol. The third-order valence-corrected chi connectivity index (χ3v) is 4.21. The second kappa shape index (κ2) is 11.7. The van der Waals surface area contributed by atoms with Gasteiger partial charge >= 0.3 is 0 Å². The number of nitrogens with two attached hydrogens (primary N) is 1. The van der Waals surface area contributed by atoms with Crippen LogP contribution in [-0.4, -0.2) is 0 Å². The van der Waals surface area contributed by atoms with E-state index in [1.807, 2.05) is 13.0 Å². The molecule has 0 heterocycles. The van der Waals surface area contributed by atoms with Crippen LogP contribution in [0.15, 0.2) is 35.6 Å². The first-order valence-corrected chi connectivity index (χ1v) is 8.67. The molecule has 0 amide bonds. The molecule has 21 heavy (non-hydrogen) atoms. The zero-order valence-corrected chi connectivity index (χ0v) is 15.2. The topological polar surface area (TPSA) is 26.0 Å². The molecule has 1 nitrogen and oxygen atoms in total. The molecule has 0 aliphatic heterocycles. The summed E-state index contributed by atoms with van der Waals surface area (Å²) >= 11 is 0. The van der Waals surface area contributed by atoms with E-state index in [0.717, 1.165) is 24.5 Å². The van der Waals surface area contributed by atoms with E-state index in [1.54, 1.807) is 5.57 Å². The number of hydrogen-bond donors (Lipinski definition) is 1. The van der Waals surface area contributed by atoms with Gasteiger partial charge in [0.15, 0.2) is 0 Å². The van der Waals surface area contributed by atoms with Crippen LogP contribution >= 0.6 is 0 Å². The van der Waals surface area contributed by atoms with Crippen molar-refractivity contribution in [1.29, 1.82) is 0 Å². The first kappa shape index (κ1) is 20.0. The standard InChI is InChI=1S/C20H37N/c1-7-10-12-18(15-17(6)11-8-2)20(16(4)5)14-13-19(21)9-3/h7,9-10,14,16-18H,8,11-13,15,21H2,1-6H3/b10-7-,19-9+,20-14+. The highest BCUT2D eigenvalue weighted by molar-refractivity contribution is 5.15. The summed E-state index contributed by atoms with van der Waals surface area (Å²) in [5.74, 6) is 2.05. The lowest BCUT2D eigenvalue weighted by atomic mass is 9.80. The van der Waals surface area contributed by atoms with Crippen molar-refractivity contribution < 1.29 is 0 Å². The minimum absolute atomic E-state index is 0.596. The van der Waals surface area contributed by atoms with Crippen molar-refractivity contribution in [2.45, 2.75) is 73.6 Å². The van der Waals surface area contributed by atoms with E-state index in [0.29, 0.717) is 11.8 Å². The molecule has 0 rings (SSSR count). The van der Waals surface area contributed by atoms with Gasteiger partial charge in [-0.25, -0.2) is 0 Å². The van der Waals surface area contributed by atoms with Gasteiger partial charge in [0, 0.05) is 12.1 Å². The van der Waals surface area contributed by atoms with Crippen molar-refractivity contribution in [3.63, 3.8) is 0 Å². The Hall–Kier alpha value is -0.980. The molecular weight excluding hydrogens is 254 g/mol. The molecule has 0 radical (unpaired) electrons. The number of hydrogen-bond acceptors (Lipinski definition) is 1. The van der Waals surface area contributed by atoms with Crippen LogP contribution in [0, 0.1) is 17.8 Å². The van der Waals surface area contributed by atoms with E-state index in [1.165, 1.54) is 19.3 Å². The Balaban J connectivity index is 5.08. The van der Waals surface area contributed by atoms with Gasteiger partial charge in [-0.1, -0.05) is 70.4 Å². The molecule has 0 saturated carbocycles. The summed E-state index contributed by atoms with van der Waals surface area (Å²) in [6.45, 7) is 13.4. The summed E-state index contributed by atoms with van der Waals surface area (Å²) in [6, 6.07) is 0. The quantitative estimate of drug-likeness (QED) is 0.474. The summed E-state index contributed by atoms with van der Waals surface area (Å²) in [5.41, 5.74) is 8.53. The van der Waals surface area contributed by atoms with E-state index in [-0.39, 0.29) is 0 Å². The van der Waals surface area contributed by atoms with Crippen LogP contribution in [-0.2, 0) is 0 Å². The Morgan fingerprint density at radius 3 is 2.29 bits per heavy atom. The average molecular weight is 292 g/mol. The summed E-state index contributed by atoms with van der Waals surface area (Å²) in [7, 11) is 0. The van der Waals surface area contributed by atoms with Gasteiger partial charge in [0.2, 0.25) is 0 Å². The Labute approximate surface area is 133 Å². The van der Waals surface area contributed by atoms with E-state index in [4.69, 9.17) is 5.73 Å². The van der Waals surface area contributed by atoms with Crippen LogP contribution in [0.25, 0.3) is 0 Å². The summed E-state index contributed by atoms with van der Waals surface area (Å²) in [4.78, 5) is 0. The van der Waals surface area contributed by atoms with Gasteiger partial charge in [-0.3, -0.25) is 0 Å². The molecule has 0 saturated heterocycles. The predicted molar refractivity (Wildman–Crippen MR) is 97.1 cm³/mol. The average Bonchev–Trinajstić information content (AvgIpc) is 2.44. The smallest absolute Gasteiger partial charge is 0.00755 e. The van der Waals surface area contributed by atoms with Gasteiger partial charge in [-0.2, -0.15) is 0 Å². The maximum Gasteiger partial charge on any atom is 0.00755 e. The van der Waals surface area contributed by atoms with E-state index >= 15 is 0 Å². The van der Waals surface area contributed by atoms with Gasteiger partial charge in [0.25, 0.3) is 0 Å². The lowest BCUT2D eigenvalue weighted by Gasteiger charge is -2.26. The van der Waals surface area contributed by atoms with Crippen LogP contribution in [0.4, 0.5) is 0 Å². The largest absolute Gasteiger partial charge is 0.402 e. The van der Waals surface area contributed by atoms with Crippen molar-refractivity contribution in [2.24, 2.45) is 23.5 Å². The zero-order chi connectivity index (χ0) is 16.3. The maximum atomic E-state index is 5.97. The highest BCUT2D eigenvalue weighted by Crippen LogP contribution is 2.31. The molecule has 0 spiro atoms. The molecule has 0 aliphatic carbocycles. The number of allylic oxidation sites excluding steroid dienone is 5. The minimum Gasteiger partial charge on any atom is -0.402 e. The van der Waals surface area contributed by atoms with E-state index in [2.05, 4.69) is 52.8 Å². The molecule has 0 aromatic heterocycles. The van der Waals surface area contributed by atoms with Gasteiger partial charge in [-0.05, 0) is 44.4 Å². The fraction of sp³-hybridized carbons (Fsp3) is 0.700. The van der Waals surface area contributed by atoms with E-state index in [9.17, 15) is 0 Å². The molecule has 0 aromatic rings. The molecular formula is C20H37N. The summed E-state index contributed by atoms with van der Waals surface area (Å²) in [6.07, 6.45) is 14.8. The third-order valence-electron chi connectivity index (χ3n) is 4.21. The number of rotatable bonds is 10. The van der Waals surface area contributed by atoms with Crippen LogP contribution in [0.2, 0.25) is 0 Å². The van der Waals surface area contributed by atoms with Crippen molar-refractivity contribution in [3.8, 4) is 0 Å². The summed E-state index contributed by atoms with van der Waals surface area (Å²) in [5, 5.41) is 0. The van der Waals surface area contributed by atoms with Gasteiger partial charge < -0.3 is 5.73 Å². The molecule has 0 bridgehead atoms. The normalized spacial score (nSPS) is 16.7. The molecule has 2 atom stereocenters. The predicted octanol–water partition coefficient (Wildman–Crippen LogP) is 6.23. The Morgan fingerprint density at radius 1 is 1.14 bits per heavy atom. The molecule has 0 fully saturated rings. The fourth-order valence-corrected chi connectivity index (χ4v) is 2.99. The third kappa shape index (κ3) is 8.80. The fourth-order valence-electron chi connectivity index (χ4n) is 2.99. The van der Waals surface area contributed by atoms with Crippen LogP contribution in [0.3, 0.4) is 0 Å². The lowest BCUT2D eigenvalue weighted by Crippen LogP contribution is -2.13. The highest BCUT2D eigenvalue weighted by atomic mass is 14.6. The lowest BCUT2D eigenvalue weighted by molar-refractivity contribution is 0.389. The molecule has 0 aromatic carbocycles. The Kier molecular flexibility index (Phi) is 11.1. The molecule has 1 heteroatoms. The molecule has 0 aliphatic rings. The zero-order valence-electron chi connectivity index (χ0n) is 15.2. The summed E-state index contributed by atoms with van der Waals surface area (Å²) < 4.78 is 0. The first-order valence-electron chi connectivity index (χ1n) is 8.67. The SMILES string of the molecule is C/C=C\CC(CC(C)CCC)/C(=C/C/C(N)=C\C)C(C)C. The van der Waals surface area contributed by atoms with Gasteiger partial charge in [-0.15, -0.1) is 0 Å². The molecule has 2 unspecified atom stereocenters. The van der Waals surface area contributed by atoms with Crippen molar-refractivity contribution in [1.82, 2.24) is 0 Å². The highest BCUT2D eigenvalue weighted by Gasteiger charge is 2.18. The van der Waals surface area contributed by atoms with E-state index < -0.39 is 0 Å². The van der Waals surface area contributed by atoms with Crippen LogP contribution in [0.5, 0.6) is 0 Å². The second-order valence-electron chi connectivity index (χ2n) is 6.56. The van der Waals surface area contributed by atoms with Gasteiger partial charge in [0.1, 0.15) is 0 Å². The van der Waals surface area contributed by atoms with Crippen molar-refractivity contribution in [3.05, 3.63) is 35.6 Å². The van der Waals surface area contributed by atoms with Crippen LogP contribution in [0.1, 0.15) is 73.6 Å². The Bertz CT molecular complexity index is 347. The molecule has 2 N–H and O–H groups in total. The van der Waals surface area contributed by atoms with Crippen LogP contribution < -0.4 is 5.73 Å². The van der Waals surface area contributed by atoms with Gasteiger partial charge in [0.05, 0.1) is 0 Å². The van der Waals surface area contributed by atoms with Crippen molar-refractivity contribution in [2.75, 3.05) is 0 Å². The minimum atomic E-state index is 0.596. The first-order chi connectivity index (χ1) is 9.96. The Morgan fingerprint density at radius 2 is 1.81 bits per heavy atom. The van der Waals surface area contributed by atoms with Crippen molar-refractivity contribution >= 4 is 0 Å².